The van der Waals surface area contributed by atoms with E-state index in [4.69, 9.17) is 5.73 Å². The first-order valence-corrected chi connectivity index (χ1v) is 6.31. The summed E-state index contributed by atoms with van der Waals surface area (Å²) in [4.78, 5) is 9.91. The van der Waals surface area contributed by atoms with E-state index in [0.717, 1.165) is 36.4 Å². The van der Waals surface area contributed by atoms with Crippen molar-refractivity contribution >= 4 is 17.0 Å². The molecule has 1 saturated heterocycles. The molecule has 1 aliphatic rings. The van der Waals surface area contributed by atoms with Crippen molar-refractivity contribution < 1.29 is 4.39 Å². The zero-order valence-electron chi connectivity index (χ0n) is 10.4. The minimum Gasteiger partial charge on any atom is -0.340 e. The smallest absolute Gasteiger partial charge is 0.204 e. The number of benzene rings is 1. The van der Waals surface area contributed by atoms with Gasteiger partial charge in [0.2, 0.25) is 5.95 Å². The Balaban J connectivity index is 1.94. The fraction of sp³-hybridized carbons (Fsp3) is 0.462. The molecule has 3 rings (SSSR count). The van der Waals surface area contributed by atoms with Gasteiger partial charge in [-0.05, 0) is 38.0 Å². The number of hydrogen-bond acceptors (Lipinski definition) is 3. The van der Waals surface area contributed by atoms with Crippen molar-refractivity contribution in [2.24, 2.45) is 5.73 Å². The standard InChI is InChI=1S/C13H17FN4/c1-8-6-10(15)4-5-18(8)13-16-11-3-2-9(14)7-12(11)17-13/h2-3,7-8,10H,4-6,15H2,1H3,(H,16,17). The third-order valence-electron chi connectivity index (χ3n) is 3.62. The molecule has 0 saturated carbocycles. The van der Waals surface area contributed by atoms with Crippen LogP contribution >= 0.6 is 0 Å². The van der Waals surface area contributed by atoms with Gasteiger partial charge in [-0.15, -0.1) is 0 Å². The SMILES string of the molecule is CC1CC(N)CCN1c1nc2ccc(F)cc2[nH]1. The van der Waals surface area contributed by atoms with Crippen LogP contribution < -0.4 is 10.6 Å². The zero-order valence-corrected chi connectivity index (χ0v) is 10.4. The fourth-order valence-corrected chi connectivity index (χ4v) is 2.63. The Kier molecular flexibility index (Phi) is 2.70. The summed E-state index contributed by atoms with van der Waals surface area (Å²) in [5.41, 5.74) is 7.50. The molecule has 1 aromatic carbocycles. The summed E-state index contributed by atoms with van der Waals surface area (Å²) >= 11 is 0. The Labute approximate surface area is 105 Å². The lowest BCUT2D eigenvalue weighted by molar-refractivity contribution is 0.425. The molecule has 2 heterocycles. The van der Waals surface area contributed by atoms with E-state index < -0.39 is 0 Å². The van der Waals surface area contributed by atoms with Crippen molar-refractivity contribution in [3.63, 3.8) is 0 Å². The Morgan fingerprint density at radius 3 is 3.11 bits per heavy atom. The first kappa shape index (κ1) is 11.5. The van der Waals surface area contributed by atoms with Gasteiger partial charge in [-0.2, -0.15) is 0 Å². The average molecular weight is 248 g/mol. The van der Waals surface area contributed by atoms with E-state index in [1.807, 2.05) is 0 Å². The monoisotopic (exact) mass is 248 g/mol. The molecule has 0 amide bonds. The number of nitrogens with two attached hydrogens (primary N) is 1. The number of halogens is 1. The van der Waals surface area contributed by atoms with Crippen LogP contribution in [0.1, 0.15) is 19.8 Å². The number of rotatable bonds is 1. The first-order chi connectivity index (χ1) is 8.63. The average Bonchev–Trinajstić information content (AvgIpc) is 2.71. The van der Waals surface area contributed by atoms with Gasteiger partial charge in [0.1, 0.15) is 5.82 Å². The van der Waals surface area contributed by atoms with Crippen LogP contribution in [0.2, 0.25) is 0 Å². The molecule has 2 unspecified atom stereocenters. The van der Waals surface area contributed by atoms with Crippen LogP contribution in [0.4, 0.5) is 10.3 Å². The maximum absolute atomic E-state index is 13.1. The molecule has 1 fully saturated rings. The Morgan fingerprint density at radius 2 is 2.33 bits per heavy atom. The molecule has 0 bridgehead atoms. The third kappa shape index (κ3) is 1.95. The van der Waals surface area contributed by atoms with Crippen molar-refractivity contribution in [3.8, 4) is 0 Å². The lowest BCUT2D eigenvalue weighted by Crippen LogP contribution is -2.46. The van der Waals surface area contributed by atoms with Crippen LogP contribution in [0.15, 0.2) is 18.2 Å². The topological polar surface area (TPSA) is 57.9 Å². The molecule has 1 aromatic heterocycles. The van der Waals surface area contributed by atoms with Crippen molar-refractivity contribution in [1.82, 2.24) is 9.97 Å². The molecule has 2 aromatic rings. The summed E-state index contributed by atoms with van der Waals surface area (Å²) < 4.78 is 13.1. The number of aromatic amines is 1. The second-order valence-electron chi connectivity index (χ2n) is 5.05. The highest BCUT2D eigenvalue weighted by atomic mass is 19.1. The van der Waals surface area contributed by atoms with Gasteiger partial charge in [-0.1, -0.05) is 0 Å². The summed E-state index contributed by atoms with van der Waals surface area (Å²) in [5, 5.41) is 0. The molecule has 0 spiro atoms. The van der Waals surface area contributed by atoms with Gasteiger partial charge in [-0.3, -0.25) is 0 Å². The van der Waals surface area contributed by atoms with Crippen LogP contribution in [0, 0.1) is 5.82 Å². The van der Waals surface area contributed by atoms with Gasteiger partial charge in [0.15, 0.2) is 0 Å². The number of H-pyrrole nitrogens is 1. The van der Waals surface area contributed by atoms with E-state index in [9.17, 15) is 4.39 Å². The van der Waals surface area contributed by atoms with Crippen LogP contribution in [0.3, 0.4) is 0 Å². The van der Waals surface area contributed by atoms with E-state index in [2.05, 4.69) is 21.8 Å². The first-order valence-electron chi connectivity index (χ1n) is 6.31. The van der Waals surface area contributed by atoms with Gasteiger partial charge in [0.25, 0.3) is 0 Å². The van der Waals surface area contributed by atoms with Gasteiger partial charge >= 0.3 is 0 Å². The summed E-state index contributed by atoms with van der Waals surface area (Å²) in [5.74, 6) is 0.571. The Bertz CT molecular complexity index is 565. The van der Waals surface area contributed by atoms with Crippen LogP contribution in [-0.4, -0.2) is 28.6 Å². The van der Waals surface area contributed by atoms with Crippen LogP contribution in [0.5, 0.6) is 0 Å². The maximum Gasteiger partial charge on any atom is 0.204 e. The summed E-state index contributed by atoms with van der Waals surface area (Å²) in [7, 11) is 0. The number of hydrogen-bond donors (Lipinski definition) is 2. The Morgan fingerprint density at radius 1 is 1.50 bits per heavy atom. The van der Waals surface area contributed by atoms with E-state index in [1.54, 1.807) is 6.07 Å². The summed E-state index contributed by atoms with van der Waals surface area (Å²) in [6, 6.07) is 5.25. The predicted molar refractivity (Wildman–Crippen MR) is 70.1 cm³/mol. The zero-order chi connectivity index (χ0) is 12.7. The molecule has 5 heteroatoms. The highest BCUT2D eigenvalue weighted by molar-refractivity contribution is 5.77. The number of nitrogens with one attached hydrogen (secondary N) is 1. The van der Waals surface area contributed by atoms with E-state index in [0.29, 0.717) is 6.04 Å². The van der Waals surface area contributed by atoms with Gasteiger partial charge in [0.05, 0.1) is 11.0 Å². The van der Waals surface area contributed by atoms with E-state index in [-0.39, 0.29) is 11.9 Å². The number of piperidine rings is 1. The minimum atomic E-state index is -0.244. The number of nitrogens with zero attached hydrogens (tertiary/aromatic N) is 2. The lowest BCUT2D eigenvalue weighted by Gasteiger charge is -2.36. The van der Waals surface area contributed by atoms with Crippen molar-refractivity contribution in [3.05, 3.63) is 24.0 Å². The van der Waals surface area contributed by atoms with Crippen LogP contribution in [0.25, 0.3) is 11.0 Å². The Hall–Kier alpha value is -1.62. The lowest BCUT2D eigenvalue weighted by atomic mass is 10.00. The maximum atomic E-state index is 13.1. The minimum absolute atomic E-state index is 0.244. The third-order valence-corrected chi connectivity index (χ3v) is 3.62. The molecule has 18 heavy (non-hydrogen) atoms. The molecule has 96 valence electrons. The normalized spacial score (nSPS) is 24.7. The second-order valence-corrected chi connectivity index (χ2v) is 5.05. The summed E-state index contributed by atoms with van der Waals surface area (Å²) in [6.45, 7) is 3.04. The number of fused-ring (bicyclic) bond motifs is 1. The largest absolute Gasteiger partial charge is 0.340 e. The quantitative estimate of drug-likeness (QED) is 0.811. The van der Waals surface area contributed by atoms with E-state index in [1.165, 1.54) is 12.1 Å². The molecule has 0 aliphatic carbocycles. The van der Waals surface area contributed by atoms with Crippen molar-refractivity contribution in [2.75, 3.05) is 11.4 Å². The number of imidazole rings is 1. The molecular weight excluding hydrogens is 231 g/mol. The molecule has 2 atom stereocenters. The van der Waals surface area contributed by atoms with Crippen molar-refractivity contribution in [1.29, 1.82) is 0 Å². The van der Waals surface area contributed by atoms with Gasteiger partial charge < -0.3 is 15.6 Å². The van der Waals surface area contributed by atoms with Gasteiger partial charge in [0, 0.05) is 18.6 Å². The predicted octanol–water partition coefficient (Wildman–Crippen LogP) is 2.02. The number of anilines is 1. The van der Waals surface area contributed by atoms with Crippen molar-refractivity contribution in [2.45, 2.75) is 31.8 Å². The molecular formula is C13H17FN4. The molecule has 1 aliphatic heterocycles. The fourth-order valence-electron chi connectivity index (χ4n) is 2.63. The van der Waals surface area contributed by atoms with Crippen LogP contribution in [-0.2, 0) is 0 Å². The second kappa shape index (κ2) is 4.24. The summed E-state index contributed by atoms with van der Waals surface area (Å²) in [6.07, 6.45) is 1.93. The molecule has 3 N–H and O–H groups in total. The van der Waals surface area contributed by atoms with E-state index >= 15 is 0 Å². The highest BCUT2D eigenvalue weighted by Gasteiger charge is 2.25. The number of aromatic nitrogens is 2. The molecule has 0 radical (unpaired) electrons. The highest BCUT2D eigenvalue weighted by Crippen LogP contribution is 2.24. The molecule has 4 nitrogen and oxygen atoms in total. The van der Waals surface area contributed by atoms with Gasteiger partial charge in [-0.25, -0.2) is 9.37 Å².